The molecule has 1 aromatic heterocycles. The van der Waals surface area contributed by atoms with Crippen molar-refractivity contribution in [3.05, 3.63) is 17.5 Å². The zero-order valence-electron chi connectivity index (χ0n) is 10.2. The molecule has 0 unspecified atom stereocenters. The van der Waals surface area contributed by atoms with E-state index < -0.39 is 17.2 Å². The zero-order chi connectivity index (χ0) is 12.7. The van der Waals surface area contributed by atoms with Gasteiger partial charge in [-0.15, -0.1) is 0 Å². The van der Waals surface area contributed by atoms with Crippen LogP contribution in [0.15, 0.2) is 6.20 Å². The zero-order valence-corrected chi connectivity index (χ0v) is 10.2. The summed E-state index contributed by atoms with van der Waals surface area (Å²) in [4.78, 5) is 0. The van der Waals surface area contributed by atoms with Crippen LogP contribution >= 0.6 is 0 Å². The van der Waals surface area contributed by atoms with E-state index in [1.54, 1.807) is 34.6 Å². The lowest BCUT2D eigenvalue weighted by molar-refractivity contribution is -0.138. The van der Waals surface area contributed by atoms with E-state index >= 15 is 0 Å². The van der Waals surface area contributed by atoms with Crippen LogP contribution in [0.3, 0.4) is 0 Å². The summed E-state index contributed by atoms with van der Waals surface area (Å²) in [5, 5.41) is 4.04. The number of rotatable bonds is 1. The van der Waals surface area contributed by atoms with Crippen molar-refractivity contribution in [1.29, 1.82) is 0 Å². The van der Waals surface area contributed by atoms with Gasteiger partial charge in [0.2, 0.25) is 0 Å². The fourth-order valence-corrected chi connectivity index (χ4v) is 1.42. The molecule has 1 aromatic rings. The van der Waals surface area contributed by atoms with Gasteiger partial charge in [0.15, 0.2) is 0 Å². The molecular weight excluding hydrogens is 217 g/mol. The highest BCUT2D eigenvalue weighted by atomic mass is 19.4. The summed E-state index contributed by atoms with van der Waals surface area (Å²) in [7, 11) is 0. The second kappa shape index (κ2) is 3.79. The number of nitrogens with zero attached hydrogens (tertiary/aromatic N) is 2. The van der Waals surface area contributed by atoms with Crippen LogP contribution in [-0.2, 0) is 11.6 Å². The Bertz CT molecular complexity index is 338. The Morgan fingerprint density at radius 1 is 1.19 bits per heavy atom. The van der Waals surface area contributed by atoms with Gasteiger partial charge in [0.05, 0.1) is 11.3 Å². The number of aromatic nitrogens is 2. The molecule has 2 nitrogen and oxygen atoms in total. The third-order valence-corrected chi connectivity index (χ3v) is 2.28. The average Bonchev–Trinajstić information content (AvgIpc) is 2.44. The minimum atomic E-state index is -4.34. The van der Waals surface area contributed by atoms with Crippen LogP contribution in [0.25, 0.3) is 0 Å². The summed E-state index contributed by atoms with van der Waals surface area (Å²) in [6.45, 7) is 8.80. The highest BCUT2D eigenvalue weighted by Crippen LogP contribution is 2.37. The monoisotopic (exact) mass is 234 g/mol. The number of hydrogen-bond acceptors (Lipinski definition) is 1. The van der Waals surface area contributed by atoms with Crippen molar-refractivity contribution in [2.75, 3.05) is 0 Å². The molecule has 0 aromatic carbocycles. The third-order valence-electron chi connectivity index (χ3n) is 2.28. The van der Waals surface area contributed by atoms with E-state index in [-0.39, 0.29) is 11.7 Å². The van der Waals surface area contributed by atoms with Crippen molar-refractivity contribution in [2.45, 2.75) is 52.3 Å². The first kappa shape index (κ1) is 13.1. The minimum absolute atomic E-state index is 0.0720. The minimum Gasteiger partial charge on any atom is -0.269 e. The highest BCUT2D eigenvalue weighted by molar-refractivity contribution is 5.27. The van der Waals surface area contributed by atoms with Gasteiger partial charge in [0.25, 0.3) is 0 Å². The standard InChI is InChI=1S/C11H17F3N2/c1-7(2)16-6-8(11(12,13)14)9(15-16)10(3,4)5/h6-7H,1-5H3. The van der Waals surface area contributed by atoms with Crippen LogP contribution < -0.4 is 0 Å². The van der Waals surface area contributed by atoms with Crippen LogP contribution in [0.4, 0.5) is 13.2 Å². The van der Waals surface area contributed by atoms with Gasteiger partial charge in [-0.2, -0.15) is 18.3 Å². The lowest BCUT2D eigenvalue weighted by atomic mass is 9.89. The van der Waals surface area contributed by atoms with E-state index in [1.807, 2.05) is 0 Å². The molecule has 0 N–H and O–H groups in total. The van der Waals surface area contributed by atoms with Crippen LogP contribution in [0.1, 0.15) is 51.9 Å². The van der Waals surface area contributed by atoms with E-state index in [0.717, 1.165) is 6.20 Å². The van der Waals surface area contributed by atoms with Gasteiger partial charge < -0.3 is 0 Å². The van der Waals surface area contributed by atoms with Crippen molar-refractivity contribution in [2.24, 2.45) is 0 Å². The lowest BCUT2D eigenvalue weighted by Crippen LogP contribution is -2.18. The molecule has 0 saturated carbocycles. The van der Waals surface area contributed by atoms with Gasteiger partial charge >= 0.3 is 6.18 Å². The van der Waals surface area contributed by atoms with Crippen molar-refractivity contribution in [1.82, 2.24) is 9.78 Å². The van der Waals surface area contributed by atoms with Crippen molar-refractivity contribution < 1.29 is 13.2 Å². The Balaban J connectivity index is 3.36. The quantitative estimate of drug-likeness (QED) is 0.723. The average molecular weight is 234 g/mol. The van der Waals surface area contributed by atoms with E-state index in [1.165, 1.54) is 4.68 Å². The predicted molar refractivity (Wildman–Crippen MR) is 56.3 cm³/mol. The van der Waals surface area contributed by atoms with Crippen molar-refractivity contribution in [3.8, 4) is 0 Å². The van der Waals surface area contributed by atoms with E-state index in [4.69, 9.17) is 0 Å². The molecule has 0 fully saturated rings. The second-order valence-electron chi connectivity index (χ2n) is 5.21. The number of alkyl halides is 3. The Morgan fingerprint density at radius 3 is 1.94 bits per heavy atom. The lowest BCUT2D eigenvalue weighted by Gasteiger charge is -2.18. The van der Waals surface area contributed by atoms with Crippen LogP contribution in [0.5, 0.6) is 0 Å². The summed E-state index contributed by atoms with van der Waals surface area (Å²) in [6, 6.07) is -0.0720. The van der Waals surface area contributed by atoms with Gasteiger partial charge in [0.1, 0.15) is 0 Å². The number of hydrogen-bond donors (Lipinski definition) is 0. The Morgan fingerprint density at radius 2 is 1.69 bits per heavy atom. The molecule has 0 aliphatic carbocycles. The van der Waals surface area contributed by atoms with E-state index in [2.05, 4.69) is 5.10 Å². The first-order valence-corrected chi connectivity index (χ1v) is 5.20. The number of halogens is 3. The van der Waals surface area contributed by atoms with Crippen LogP contribution in [0.2, 0.25) is 0 Å². The Hall–Kier alpha value is -1.00. The molecule has 0 bridgehead atoms. The molecule has 1 heterocycles. The second-order valence-corrected chi connectivity index (χ2v) is 5.21. The molecular formula is C11H17F3N2. The Kier molecular flexibility index (Phi) is 3.09. The summed E-state index contributed by atoms with van der Waals surface area (Å²) in [5.41, 5.74) is -1.13. The normalized spacial score (nSPS) is 13.6. The highest BCUT2D eigenvalue weighted by Gasteiger charge is 2.39. The molecule has 92 valence electrons. The molecule has 0 saturated heterocycles. The first-order valence-electron chi connectivity index (χ1n) is 5.20. The molecule has 5 heteroatoms. The molecule has 0 aliphatic heterocycles. The maximum absolute atomic E-state index is 12.8. The van der Waals surface area contributed by atoms with E-state index in [9.17, 15) is 13.2 Å². The van der Waals surface area contributed by atoms with Crippen LogP contribution in [0, 0.1) is 0 Å². The topological polar surface area (TPSA) is 17.8 Å². The largest absolute Gasteiger partial charge is 0.419 e. The summed E-state index contributed by atoms with van der Waals surface area (Å²) in [5.74, 6) is 0. The first-order chi connectivity index (χ1) is 7.03. The van der Waals surface area contributed by atoms with Crippen molar-refractivity contribution in [3.63, 3.8) is 0 Å². The van der Waals surface area contributed by atoms with E-state index in [0.29, 0.717) is 0 Å². The van der Waals surface area contributed by atoms with Crippen molar-refractivity contribution >= 4 is 0 Å². The molecule has 1 rings (SSSR count). The SMILES string of the molecule is CC(C)n1cc(C(F)(F)F)c(C(C)(C)C)n1. The molecule has 0 spiro atoms. The summed E-state index contributed by atoms with van der Waals surface area (Å²) in [6.07, 6.45) is -3.25. The maximum Gasteiger partial charge on any atom is 0.419 e. The van der Waals surface area contributed by atoms with Gasteiger partial charge in [-0.25, -0.2) is 0 Å². The molecule has 16 heavy (non-hydrogen) atoms. The maximum atomic E-state index is 12.8. The van der Waals surface area contributed by atoms with Gasteiger partial charge in [-0.05, 0) is 13.8 Å². The fraction of sp³-hybridized carbons (Fsp3) is 0.727. The van der Waals surface area contributed by atoms with Gasteiger partial charge in [-0.1, -0.05) is 20.8 Å². The molecule has 0 radical (unpaired) electrons. The summed E-state index contributed by atoms with van der Waals surface area (Å²) < 4.78 is 39.8. The van der Waals surface area contributed by atoms with Crippen LogP contribution in [-0.4, -0.2) is 9.78 Å². The predicted octanol–water partition coefficient (Wildman–Crippen LogP) is 3.78. The summed E-state index contributed by atoms with van der Waals surface area (Å²) >= 11 is 0. The molecule has 0 atom stereocenters. The van der Waals surface area contributed by atoms with Gasteiger partial charge in [0, 0.05) is 17.7 Å². The molecule has 0 amide bonds. The fourth-order valence-electron chi connectivity index (χ4n) is 1.42. The smallest absolute Gasteiger partial charge is 0.269 e. The molecule has 0 aliphatic rings. The third kappa shape index (κ3) is 2.57. The Labute approximate surface area is 93.5 Å². The van der Waals surface area contributed by atoms with Gasteiger partial charge in [-0.3, -0.25) is 4.68 Å².